The van der Waals surface area contributed by atoms with Gasteiger partial charge in [0.1, 0.15) is 11.0 Å². The number of hydrogen-bond acceptors (Lipinski definition) is 4. The van der Waals surface area contributed by atoms with Gasteiger partial charge in [0.05, 0.1) is 12.0 Å². The van der Waals surface area contributed by atoms with Crippen LogP contribution < -0.4 is 0 Å². The molecule has 2 aliphatic heterocycles. The summed E-state index contributed by atoms with van der Waals surface area (Å²) in [7, 11) is 0. The number of fused-ring (bicyclic) bond motifs is 1. The molecular formula is C18H21N5O2. The number of piperidine rings is 1. The van der Waals surface area contributed by atoms with Crippen molar-refractivity contribution in [1.82, 2.24) is 24.8 Å². The van der Waals surface area contributed by atoms with Gasteiger partial charge in [-0.15, -0.1) is 0 Å². The topological polar surface area (TPSA) is 71.3 Å². The van der Waals surface area contributed by atoms with Crippen molar-refractivity contribution in [3.63, 3.8) is 0 Å². The summed E-state index contributed by atoms with van der Waals surface area (Å²) in [5.41, 5.74) is 1.81. The normalized spacial score (nSPS) is 19.0. The van der Waals surface area contributed by atoms with Crippen LogP contribution in [0.5, 0.6) is 0 Å². The van der Waals surface area contributed by atoms with Gasteiger partial charge in [-0.05, 0) is 31.1 Å². The molecule has 0 bridgehead atoms. The first-order valence-corrected chi connectivity index (χ1v) is 8.67. The highest BCUT2D eigenvalue weighted by Gasteiger charge is 2.38. The minimum Gasteiger partial charge on any atom is -0.342 e. The third-order valence-electron chi connectivity index (χ3n) is 5.12. The Morgan fingerprint density at radius 2 is 1.64 bits per heavy atom. The van der Waals surface area contributed by atoms with E-state index in [2.05, 4.69) is 16.8 Å². The van der Waals surface area contributed by atoms with Gasteiger partial charge in [-0.1, -0.05) is 18.7 Å². The van der Waals surface area contributed by atoms with Crippen molar-refractivity contribution in [1.29, 1.82) is 0 Å². The van der Waals surface area contributed by atoms with Crippen molar-refractivity contribution in [2.75, 3.05) is 26.2 Å². The Hall–Kier alpha value is -2.70. The highest BCUT2D eigenvalue weighted by Crippen LogP contribution is 2.25. The highest BCUT2D eigenvalue weighted by atomic mass is 16.2. The van der Waals surface area contributed by atoms with Crippen LogP contribution in [0.3, 0.4) is 0 Å². The lowest BCUT2D eigenvalue weighted by Crippen LogP contribution is -2.57. The number of likely N-dealkylation sites (tertiary alicyclic amines) is 2. The molecule has 0 spiro atoms. The Morgan fingerprint density at radius 3 is 2.20 bits per heavy atom. The van der Waals surface area contributed by atoms with Gasteiger partial charge >= 0.3 is 0 Å². The van der Waals surface area contributed by atoms with Crippen molar-refractivity contribution in [3.05, 3.63) is 36.9 Å². The third-order valence-corrected chi connectivity index (χ3v) is 5.12. The van der Waals surface area contributed by atoms with E-state index in [0.29, 0.717) is 26.2 Å². The van der Waals surface area contributed by atoms with Crippen LogP contribution in [0.4, 0.5) is 0 Å². The van der Waals surface area contributed by atoms with Crippen LogP contribution >= 0.6 is 0 Å². The fourth-order valence-corrected chi connectivity index (χ4v) is 3.56. The minimum atomic E-state index is -0.0976. The summed E-state index contributed by atoms with van der Waals surface area (Å²) < 4.78 is 0. The summed E-state index contributed by atoms with van der Waals surface area (Å²) in [6.45, 7) is 5.93. The molecular weight excluding hydrogens is 318 g/mol. The number of hydrogen-bond donors (Lipinski definition) is 0. The second kappa shape index (κ2) is 6.31. The van der Waals surface area contributed by atoms with E-state index in [1.165, 1.54) is 6.08 Å². The van der Waals surface area contributed by atoms with Crippen molar-refractivity contribution in [3.8, 4) is 0 Å². The summed E-state index contributed by atoms with van der Waals surface area (Å²) in [4.78, 5) is 29.4. The molecule has 0 aliphatic carbocycles. The zero-order valence-corrected chi connectivity index (χ0v) is 14.0. The van der Waals surface area contributed by atoms with Gasteiger partial charge < -0.3 is 9.80 Å². The fourth-order valence-electron chi connectivity index (χ4n) is 3.56. The summed E-state index contributed by atoms with van der Waals surface area (Å²) in [6, 6.07) is 8.08. The fraction of sp³-hybridized carbons (Fsp3) is 0.444. The third kappa shape index (κ3) is 2.90. The van der Waals surface area contributed by atoms with Crippen LogP contribution in [-0.4, -0.2) is 62.8 Å². The largest absolute Gasteiger partial charge is 0.342 e. The van der Waals surface area contributed by atoms with E-state index in [1.54, 1.807) is 9.70 Å². The van der Waals surface area contributed by atoms with Crippen molar-refractivity contribution in [2.45, 2.75) is 18.9 Å². The quantitative estimate of drug-likeness (QED) is 0.789. The molecule has 0 radical (unpaired) electrons. The molecule has 25 heavy (non-hydrogen) atoms. The van der Waals surface area contributed by atoms with E-state index in [4.69, 9.17) is 0 Å². The van der Waals surface area contributed by atoms with Gasteiger partial charge in [0.25, 0.3) is 0 Å². The number of amides is 2. The van der Waals surface area contributed by atoms with Crippen LogP contribution in [0.1, 0.15) is 18.9 Å². The second-order valence-electron chi connectivity index (χ2n) is 6.71. The lowest BCUT2D eigenvalue weighted by atomic mass is 9.96. The van der Waals surface area contributed by atoms with Gasteiger partial charge in [-0.3, -0.25) is 9.59 Å². The van der Waals surface area contributed by atoms with Gasteiger partial charge in [0.2, 0.25) is 11.8 Å². The smallest absolute Gasteiger partial charge is 0.246 e. The molecule has 3 heterocycles. The zero-order chi connectivity index (χ0) is 17.4. The number of carbonyl (C=O) groups is 2. The molecule has 0 N–H and O–H groups in total. The van der Waals surface area contributed by atoms with E-state index in [0.717, 1.165) is 23.9 Å². The van der Waals surface area contributed by atoms with Gasteiger partial charge in [0.15, 0.2) is 0 Å². The predicted octanol–water partition coefficient (Wildman–Crippen LogP) is 1.24. The maximum absolute atomic E-state index is 12.5. The van der Waals surface area contributed by atoms with Crippen LogP contribution in [0.15, 0.2) is 36.9 Å². The Kier molecular flexibility index (Phi) is 3.99. The van der Waals surface area contributed by atoms with Crippen LogP contribution in [0, 0.1) is 5.92 Å². The van der Waals surface area contributed by atoms with E-state index >= 15 is 0 Å². The molecule has 1 aromatic carbocycles. The molecule has 7 nitrogen and oxygen atoms in total. The van der Waals surface area contributed by atoms with Crippen LogP contribution in [0.25, 0.3) is 11.0 Å². The molecule has 2 saturated heterocycles. The zero-order valence-electron chi connectivity index (χ0n) is 14.0. The average Bonchev–Trinajstić information content (AvgIpc) is 3.04. The first kappa shape index (κ1) is 15.8. The Balaban J connectivity index is 1.33. The molecule has 0 unspecified atom stereocenters. The van der Waals surface area contributed by atoms with Crippen LogP contribution in [0.2, 0.25) is 0 Å². The summed E-state index contributed by atoms with van der Waals surface area (Å²) in [5.74, 6) is -0.00408. The lowest BCUT2D eigenvalue weighted by molar-refractivity contribution is -0.147. The number of nitrogens with zero attached hydrogens (tertiary/aromatic N) is 5. The van der Waals surface area contributed by atoms with Crippen LogP contribution in [-0.2, 0) is 9.59 Å². The molecule has 4 rings (SSSR count). The molecule has 0 atom stereocenters. The number of rotatable bonds is 3. The molecule has 1 aromatic heterocycles. The molecule has 2 aliphatic rings. The molecule has 130 valence electrons. The first-order chi connectivity index (χ1) is 12.2. The number of benzene rings is 1. The molecule has 0 saturated carbocycles. The van der Waals surface area contributed by atoms with Gasteiger partial charge in [-0.2, -0.15) is 15.0 Å². The first-order valence-electron chi connectivity index (χ1n) is 8.67. The van der Waals surface area contributed by atoms with Crippen molar-refractivity contribution >= 4 is 22.8 Å². The van der Waals surface area contributed by atoms with E-state index < -0.39 is 0 Å². The molecule has 2 aromatic rings. The minimum absolute atomic E-state index is 0.0640. The highest BCUT2D eigenvalue weighted by molar-refractivity contribution is 5.90. The molecule has 2 amide bonds. The Morgan fingerprint density at radius 1 is 1.04 bits per heavy atom. The number of aromatic nitrogens is 3. The van der Waals surface area contributed by atoms with Gasteiger partial charge in [-0.25, -0.2) is 0 Å². The average molecular weight is 339 g/mol. The number of carbonyl (C=O) groups excluding carboxylic acids is 2. The lowest BCUT2D eigenvalue weighted by Gasteiger charge is -2.41. The van der Waals surface area contributed by atoms with Crippen molar-refractivity contribution < 1.29 is 9.59 Å². The monoisotopic (exact) mass is 339 g/mol. The summed E-state index contributed by atoms with van der Waals surface area (Å²) in [5, 5.41) is 9.11. The maximum Gasteiger partial charge on any atom is 0.246 e. The SMILES string of the molecule is C=CC(=O)N1CC(C(=O)N2CCC(n3nc4ccccc4n3)CC2)C1. The summed E-state index contributed by atoms with van der Waals surface area (Å²) >= 11 is 0. The Bertz CT molecular complexity index is 783. The predicted molar refractivity (Wildman–Crippen MR) is 92.6 cm³/mol. The van der Waals surface area contributed by atoms with E-state index in [-0.39, 0.29) is 23.8 Å². The summed E-state index contributed by atoms with van der Waals surface area (Å²) in [6.07, 6.45) is 3.01. The molecule has 7 heteroatoms. The van der Waals surface area contributed by atoms with Crippen molar-refractivity contribution in [2.24, 2.45) is 5.92 Å². The standard InChI is InChI=1S/C18H21N5O2/c1-2-17(24)22-11-13(12-22)18(25)21-9-7-14(8-10-21)23-19-15-5-3-4-6-16(15)20-23/h2-6,13-14H,1,7-12H2. The maximum atomic E-state index is 12.5. The molecule has 2 fully saturated rings. The van der Waals surface area contributed by atoms with E-state index in [1.807, 2.05) is 29.2 Å². The Labute approximate surface area is 145 Å². The second-order valence-corrected chi connectivity index (χ2v) is 6.71. The van der Waals surface area contributed by atoms with E-state index in [9.17, 15) is 9.59 Å². The van der Waals surface area contributed by atoms with Gasteiger partial charge in [0, 0.05) is 26.2 Å².